The predicted octanol–water partition coefficient (Wildman–Crippen LogP) is 2.53. The number of hydrogen-bond acceptors (Lipinski definition) is 5. The molecule has 1 rings (SSSR count). The normalized spacial score (nSPS) is 13.8. The zero-order valence-electron chi connectivity index (χ0n) is 12.8. The van der Waals surface area contributed by atoms with Gasteiger partial charge in [-0.15, -0.1) is 0 Å². The summed E-state index contributed by atoms with van der Waals surface area (Å²) in [6.07, 6.45) is 0.771. The number of carbonyl (C=O) groups is 1. The Bertz CT molecular complexity index is 689. The minimum Gasteiger partial charge on any atom is -0.506 e. The van der Waals surface area contributed by atoms with Crippen LogP contribution >= 0.6 is 0 Å². The first-order chi connectivity index (χ1) is 11.2. The molecule has 0 fully saturated rings. The van der Waals surface area contributed by atoms with Crippen LogP contribution in [0.2, 0.25) is 0 Å². The molecule has 0 aromatic heterocycles. The molecule has 0 aliphatic heterocycles. The number of aliphatic imine (C=N–C) groups is 1. The summed E-state index contributed by atoms with van der Waals surface area (Å²) in [6, 6.07) is -0.472. The van der Waals surface area contributed by atoms with Crippen LogP contribution in [0.3, 0.4) is 0 Å². The van der Waals surface area contributed by atoms with Gasteiger partial charge < -0.3 is 14.9 Å². The molecule has 0 saturated heterocycles. The number of esters is 1. The Morgan fingerprint density at radius 3 is 2.46 bits per heavy atom. The SMILES string of the molecule is CCOC(=O)/C(C=N[C@@H](C)CO)=C(\O)c1cc(F)c(F)c(F)c1F. The van der Waals surface area contributed by atoms with Gasteiger partial charge in [0, 0.05) is 6.21 Å². The zero-order chi connectivity index (χ0) is 18.4. The van der Waals surface area contributed by atoms with Crippen LogP contribution in [0.1, 0.15) is 19.4 Å². The molecular formula is C15H15F4NO4. The topological polar surface area (TPSA) is 79.1 Å². The summed E-state index contributed by atoms with van der Waals surface area (Å²) in [6.45, 7) is 2.43. The third-order valence-corrected chi connectivity index (χ3v) is 2.83. The van der Waals surface area contributed by atoms with Crippen LogP contribution in [0.15, 0.2) is 16.6 Å². The van der Waals surface area contributed by atoms with E-state index in [1.807, 2.05) is 0 Å². The van der Waals surface area contributed by atoms with E-state index < -0.39 is 52.2 Å². The summed E-state index contributed by atoms with van der Waals surface area (Å²) in [5.74, 6) is -10.1. The molecule has 0 aliphatic rings. The molecule has 5 nitrogen and oxygen atoms in total. The molecule has 0 amide bonds. The monoisotopic (exact) mass is 349 g/mol. The lowest BCUT2D eigenvalue weighted by Gasteiger charge is -2.09. The fourth-order valence-corrected chi connectivity index (χ4v) is 1.56. The molecule has 132 valence electrons. The van der Waals surface area contributed by atoms with Gasteiger partial charge in [-0.2, -0.15) is 0 Å². The van der Waals surface area contributed by atoms with Crippen molar-refractivity contribution >= 4 is 17.9 Å². The van der Waals surface area contributed by atoms with Crippen LogP contribution in [0.5, 0.6) is 0 Å². The number of halogens is 4. The Morgan fingerprint density at radius 1 is 1.29 bits per heavy atom. The van der Waals surface area contributed by atoms with Crippen molar-refractivity contribution in [1.82, 2.24) is 0 Å². The van der Waals surface area contributed by atoms with Crippen LogP contribution in [-0.2, 0) is 9.53 Å². The molecule has 0 spiro atoms. The molecule has 1 aromatic carbocycles. The Hall–Kier alpha value is -2.42. The maximum Gasteiger partial charge on any atom is 0.343 e. The first-order valence-electron chi connectivity index (χ1n) is 6.82. The lowest BCUT2D eigenvalue weighted by atomic mass is 10.1. The van der Waals surface area contributed by atoms with Crippen molar-refractivity contribution in [1.29, 1.82) is 0 Å². The van der Waals surface area contributed by atoms with E-state index in [2.05, 4.69) is 9.73 Å². The Kier molecular flexibility index (Phi) is 6.90. The highest BCUT2D eigenvalue weighted by Gasteiger charge is 2.25. The van der Waals surface area contributed by atoms with Gasteiger partial charge in [0.2, 0.25) is 0 Å². The van der Waals surface area contributed by atoms with Crippen LogP contribution in [-0.4, -0.2) is 41.7 Å². The van der Waals surface area contributed by atoms with Crippen LogP contribution < -0.4 is 0 Å². The van der Waals surface area contributed by atoms with E-state index in [0.29, 0.717) is 0 Å². The van der Waals surface area contributed by atoms with Crippen molar-refractivity contribution in [3.8, 4) is 0 Å². The van der Waals surface area contributed by atoms with E-state index in [1.165, 1.54) is 13.8 Å². The largest absolute Gasteiger partial charge is 0.506 e. The fraction of sp³-hybridized carbons (Fsp3) is 0.333. The van der Waals surface area contributed by atoms with E-state index in [4.69, 9.17) is 5.11 Å². The molecule has 0 bridgehead atoms. The summed E-state index contributed by atoms with van der Waals surface area (Å²) < 4.78 is 57.9. The zero-order valence-corrected chi connectivity index (χ0v) is 12.8. The summed E-state index contributed by atoms with van der Waals surface area (Å²) >= 11 is 0. The molecular weight excluding hydrogens is 334 g/mol. The average Bonchev–Trinajstić information content (AvgIpc) is 2.56. The quantitative estimate of drug-likeness (QED) is 0.157. The highest BCUT2D eigenvalue weighted by molar-refractivity contribution is 6.15. The number of hydrogen-bond donors (Lipinski definition) is 2. The van der Waals surface area contributed by atoms with E-state index >= 15 is 0 Å². The molecule has 1 aromatic rings. The van der Waals surface area contributed by atoms with Gasteiger partial charge in [0.1, 0.15) is 11.3 Å². The van der Waals surface area contributed by atoms with Crippen LogP contribution in [0, 0.1) is 23.3 Å². The van der Waals surface area contributed by atoms with Crippen LogP contribution in [0.4, 0.5) is 17.6 Å². The highest BCUT2D eigenvalue weighted by atomic mass is 19.2. The maximum absolute atomic E-state index is 13.8. The third-order valence-electron chi connectivity index (χ3n) is 2.83. The Labute approximate surface area is 134 Å². The van der Waals surface area contributed by atoms with Crippen molar-refractivity contribution in [2.45, 2.75) is 19.9 Å². The number of aliphatic hydroxyl groups excluding tert-OH is 2. The van der Waals surface area contributed by atoms with Crippen molar-refractivity contribution in [3.63, 3.8) is 0 Å². The van der Waals surface area contributed by atoms with Crippen molar-refractivity contribution in [2.75, 3.05) is 13.2 Å². The number of rotatable bonds is 6. The van der Waals surface area contributed by atoms with Crippen LogP contribution in [0.25, 0.3) is 5.76 Å². The Morgan fingerprint density at radius 2 is 1.92 bits per heavy atom. The van der Waals surface area contributed by atoms with Gasteiger partial charge in [-0.25, -0.2) is 22.4 Å². The van der Waals surface area contributed by atoms with E-state index in [-0.39, 0.29) is 19.3 Å². The highest BCUT2D eigenvalue weighted by Crippen LogP contribution is 2.25. The number of nitrogens with zero attached hydrogens (tertiary/aromatic N) is 1. The number of carbonyl (C=O) groups excluding carboxylic acids is 1. The minimum atomic E-state index is -2.14. The molecule has 0 radical (unpaired) electrons. The molecule has 24 heavy (non-hydrogen) atoms. The average molecular weight is 349 g/mol. The van der Waals surface area contributed by atoms with Gasteiger partial charge >= 0.3 is 5.97 Å². The van der Waals surface area contributed by atoms with Gasteiger partial charge in [-0.1, -0.05) is 0 Å². The van der Waals surface area contributed by atoms with Gasteiger partial charge in [0.25, 0.3) is 0 Å². The lowest BCUT2D eigenvalue weighted by molar-refractivity contribution is -0.137. The van der Waals surface area contributed by atoms with Gasteiger partial charge in [-0.05, 0) is 19.9 Å². The molecule has 0 aliphatic carbocycles. The molecule has 0 heterocycles. The molecule has 9 heteroatoms. The standard InChI is InChI=1S/C15H15F4NO4/c1-3-24-15(23)9(5-20-7(2)6-21)14(22)8-4-10(16)12(18)13(19)11(8)17/h4-5,7,21-22H,3,6H2,1-2H3/b14-9-,20-5?/t7-/m0/s1. The summed E-state index contributed by atoms with van der Waals surface area (Å²) in [5.41, 5.74) is -1.78. The maximum atomic E-state index is 13.8. The minimum absolute atomic E-state index is 0.104. The van der Waals surface area contributed by atoms with Gasteiger partial charge in [0.15, 0.2) is 23.3 Å². The molecule has 1 atom stereocenters. The number of benzene rings is 1. The second kappa shape index (κ2) is 8.44. The second-order valence-electron chi connectivity index (χ2n) is 4.64. The van der Waals surface area contributed by atoms with E-state index in [9.17, 15) is 27.5 Å². The van der Waals surface area contributed by atoms with E-state index in [1.54, 1.807) is 0 Å². The molecule has 0 saturated carbocycles. The third kappa shape index (κ3) is 4.31. The Balaban J connectivity index is 3.53. The van der Waals surface area contributed by atoms with Crippen molar-refractivity contribution in [2.24, 2.45) is 4.99 Å². The second-order valence-corrected chi connectivity index (χ2v) is 4.64. The number of aliphatic hydroxyl groups is 2. The van der Waals surface area contributed by atoms with Crippen molar-refractivity contribution < 1.29 is 37.3 Å². The lowest BCUT2D eigenvalue weighted by Crippen LogP contribution is -2.14. The first-order valence-corrected chi connectivity index (χ1v) is 6.82. The summed E-state index contributed by atoms with van der Waals surface area (Å²) in [4.78, 5) is 15.5. The fourth-order valence-electron chi connectivity index (χ4n) is 1.56. The first kappa shape index (κ1) is 19.6. The van der Waals surface area contributed by atoms with Gasteiger partial charge in [0.05, 0.1) is 24.8 Å². The van der Waals surface area contributed by atoms with E-state index in [0.717, 1.165) is 6.21 Å². The molecule has 2 N–H and O–H groups in total. The predicted molar refractivity (Wildman–Crippen MR) is 77.5 cm³/mol. The summed E-state index contributed by atoms with van der Waals surface area (Å²) in [5, 5.41) is 18.9. The summed E-state index contributed by atoms with van der Waals surface area (Å²) in [7, 11) is 0. The van der Waals surface area contributed by atoms with Gasteiger partial charge in [-0.3, -0.25) is 4.99 Å². The smallest absolute Gasteiger partial charge is 0.343 e. The number of ether oxygens (including phenoxy) is 1. The molecule has 0 unspecified atom stereocenters. The van der Waals surface area contributed by atoms with Crippen molar-refractivity contribution in [3.05, 3.63) is 40.5 Å².